The van der Waals surface area contributed by atoms with E-state index >= 15 is 0 Å². The topological polar surface area (TPSA) is 41.6 Å². The van der Waals surface area contributed by atoms with Crippen LogP contribution in [-0.4, -0.2) is 42.0 Å². The Kier molecular flexibility index (Phi) is 5.17. The molecule has 1 saturated heterocycles. The van der Waals surface area contributed by atoms with Crippen molar-refractivity contribution in [3.63, 3.8) is 0 Å². The Bertz CT molecular complexity index is 476. The lowest BCUT2D eigenvalue weighted by Crippen LogP contribution is -2.40. The lowest BCUT2D eigenvalue weighted by atomic mass is 10.2. The minimum Gasteiger partial charge on any atom is -0.379 e. The third kappa shape index (κ3) is 4.93. The number of urea groups is 1. The molecule has 0 unspecified atom stereocenters. The monoisotopic (exact) mass is 308 g/mol. The van der Waals surface area contributed by atoms with Crippen LogP contribution in [0.2, 0.25) is 0 Å². The number of nitrogens with one attached hydrogen (secondary N) is 1. The highest BCUT2D eigenvalue weighted by Gasteiger charge is 2.24. The van der Waals surface area contributed by atoms with E-state index in [9.17, 15) is 4.79 Å². The molecule has 1 atom stereocenters. The first-order valence-corrected chi connectivity index (χ1v) is 8.07. The molecule has 0 aliphatic carbocycles. The number of thioether (sulfide) groups is 1. The van der Waals surface area contributed by atoms with Gasteiger partial charge in [-0.25, -0.2) is 4.79 Å². The number of carbonyl (C=O) groups excluding carboxylic acids is 1. The van der Waals surface area contributed by atoms with Crippen LogP contribution in [0.25, 0.3) is 0 Å². The molecule has 0 spiro atoms. The molecule has 21 heavy (non-hydrogen) atoms. The Labute approximate surface area is 131 Å². The number of hydrogen-bond donors (Lipinski definition) is 1. The number of ether oxygens (including phenoxy) is 1. The Morgan fingerprint density at radius 1 is 1.33 bits per heavy atom. The first-order valence-electron chi connectivity index (χ1n) is 7.26. The molecule has 1 aromatic rings. The van der Waals surface area contributed by atoms with Gasteiger partial charge in [-0.05, 0) is 30.7 Å². The number of amides is 2. The van der Waals surface area contributed by atoms with E-state index in [1.807, 2.05) is 43.1 Å². The molecule has 2 rings (SSSR count). The van der Waals surface area contributed by atoms with Gasteiger partial charge in [0, 0.05) is 29.0 Å². The summed E-state index contributed by atoms with van der Waals surface area (Å²) in [6.07, 6.45) is 0.908. The fourth-order valence-corrected chi connectivity index (χ4v) is 3.14. The van der Waals surface area contributed by atoms with Gasteiger partial charge in [0.2, 0.25) is 0 Å². The second-order valence-corrected chi connectivity index (χ2v) is 8.20. The van der Waals surface area contributed by atoms with Crippen molar-refractivity contribution >= 4 is 23.5 Å². The molecule has 5 heteroatoms. The molecule has 1 fully saturated rings. The molecular weight excluding hydrogens is 284 g/mol. The molecule has 1 aliphatic rings. The number of benzene rings is 1. The van der Waals surface area contributed by atoms with Gasteiger partial charge in [0.05, 0.1) is 12.6 Å². The van der Waals surface area contributed by atoms with Gasteiger partial charge in [0.25, 0.3) is 0 Å². The van der Waals surface area contributed by atoms with Crippen molar-refractivity contribution in [3.05, 3.63) is 24.3 Å². The summed E-state index contributed by atoms with van der Waals surface area (Å²) in [4.78, 5) is 15.1. The second-order valence-electron chi connectivity index (χ2n) is 6.30. The molecule has 2 amide bonds. The molecular formula is C16H24N2O2S. The normalized spacial score (nSPS) is 18.6. The highest BCUT2D eigenvalue weighted by molar-refractivity contribution is 8.00. The zero-order chi connectivity index (χ0) is 15.5. The average Bonchev–Trinajstić information content (AvgIpc) is 2.92. The van der Waals surface area contributed by atoms with Gasteiger partial charge in [0.1, 0.15) is 0 Å². The van der Waals surface area contributed by atoms with E-state index in [1.54, 1.807) is 4.90 Å². The summed E-state index contributed by atoms with van der Waals surface area (Å²) < 4.78 is 5.50. The summed E-state index contributed by atoms with van der Waals surface area (Å²) in [5.41, 5.74) is 0.823. The van der Waals surface area contributed by atoms with Crippen molar-refractivity contribution in [2.24, 2.45) is 0 Å². The van der Waals surface area contributed by atoms with Gasteiger partial charge in [-0.2, -0.15) is 0 Å². The third-order valence-electron chi connectivity index (χ3n) is 3.30. The quantitative estimate of drug-likeness (QED) is 0.863. The summed E-state index contributed by atoms with van der Waals surface area (Å²) in [7, 11) is 1.82. The fourth-order valence-electron chi connectivity index (χ4n) is 2.16. The Hall–Kier alpha value is -1.20. The standard InChI is InChI=1S/C16H24N2O2S/c1-16(2,3)21-14-7-5-12(6-8-14)17-15(19)18(4)13-9-10-20-11-13/h5-8,13H,9-11H2,1-4H3,(H,17,19)/t13-/m1/s1. The molecule has 1 N–H and O–H groups in total. The first-order chi connectivity index (χ1) is 9.85. The highest BCUT2D eigenvalue weighted by Crippen LogP contribution is 2.32. The number of nitrogens with zero attached hydrogens (tertiary/aromatic N) is 1. The zero-order valence-electron chi connectivity index (χ0n) is 13.2. The van der Waals surface area contributed by atoms with Gasteiger partial charge in [-0.1, -0.05) is 20.8 Å². The number of rotatable bonds is 3. The van der Waals surface area contributed by atoms with Gasteiger partial charge in [-0.3, -0.25) is 0 Å². The van der Waals surface area contributed by atoms with E-state index < -0.39 is 0 Å². The molecule has 0 aromatic heterocycles. The lowest BCUT2D eigenvalue weighted by Gasteiger charge is -2.23. The van der Waals surface area contributed by atoms with Crippen LogP contribution in [0.1, 0.15) is 27.2 Å². The van der Waals surface area contributed by atoms with Crippen molar-refractivity contribution in [2.45, 2.75) is 42.9 Å². The van der Waals surface area contributed by atoms with E-state index in [1.165, 1.54) is 4.90 Å². The Balaban J connectivity index is 1.92. The Morgan fingerprint density at radius 2 is 2.00 bits per heavy atom. The number of carbonyl (C=O) groups is 1. The zero-order valence-corrected chi connectivity index (χ0v) is 14.0. The third-order valence-corrected chi connectivity index (χ3v) is 4.42. The van der Waals surface area contributed by atoms with Crippen molar-refractivity contribution in [3.8, 4) is 0 Å². The van der Waals surface area contributed by atoms with E-state index in [-0.39, 0.29) is 16.8 Å². The molecule has 116 valence electrons. The van der Waals surface area contributed by atoms with E-state index in [4.69, 9.17) is 4.74 Å². The van der Waals surface area contributed by atoms with Crippen LogP contribution in [0.4, 0.5) is 10.5 Å². The van der Waals surface area contributed by atoms with Crippen molar-refractivity contribution in [1.29, 1.82) is 0 Å². The molecule has 1 aromatic carbocycles. The second kappa shape index (κ2) is 6.71. The maximum Gasteiger partial charge on any atom is 0.321 e. The molecule has 0 radical (unpaired) electrons. The predicted octanol–water partition coefficient (Wildman–Crippen LogP) is 3.83. The minimum atomic E-state index is -0.0817. The smallest absolute Gasteiger partial charge is 0.321 e. The molecule has 1 heterocycles. The van der Waals surface area contributed by atoms with Crippen LogP contribution in [0.15, 0.2) is 29.2 Å². The maximum absolute atomic E-state index is 12.2. The highest BCUT2D eigenvalue weighted by atomic mass is 32.2. The van der Waals surface area contributed by atoms with Crippen LogP contribution in [0.5, 0.6) is 0 Å². The van der Waals surface area contributed by atoms with Crippen LogP contribution < -0.4 is 5.32 Å². The SMILES string of the molecule is CN(C(=O)Nc1ccc(SC(C)(C)C)cc1)[C@@H]1CCOC1. The van der Waals surface area contributed by atoms with E-state index in [0.717, 1.165) is 18.7 Å². The number of likely N-dealkylation sites (N-methyl/N-ethyl adjacent to an activating group) is 1. The Morgan fingerprint density at radius 3 is 2.52 bits per heavy atom. The maximum atomic E-state index is 12.2. The molecule has 0 saturated carbocycles. The summed E-state index contributed by atoms with van der Waals surface area (Å²) in [5, 5.41) is 2.93. The summed E-state index contributed by atoms with van der Waals surface area (Å²) in [6.45, 7) is 7.93. The predicted molar refractivity (Wildman–Crippen MR) is 88.1 cm³/mol. The molecule has 0 bridgehead atoms. The van der Waals surface area contributed by atoms with Crippen LogP contribution in [0, 0.1) is 0 Å². The minimum absolute atomic E-state index is 0.0817. The van der Waals surface area contributed by atoms with Crippen LogP contribution in [-0.2, 0) is 4.74 Å². The lowest BCUT2D eigenvalue weighted by molar-refractivity contribution is 0.164. The largest absolute Gasteiger partial charge is 0.379 e. The van der Waals surface area contributed by atoms with Gasteiger partial charge in [-0.15, -0.1) is 11.8 Å². The van der Waals surface area contributed by atoms with Gasteiger partial charge in [0.15, 0.2) is 0 Å². The van der Waals surface area contributed by atoms with E-state index in [2.05, 4.69) is 26.1 Å². The van der Waals surface area contributed by atoms with Crippen molar-refractivity contribution in [1.82, 2.24) is 4.90 Å². The molecule has 1 aliphatic heterocycles. The van der Waals surface area contributed by atoms with E-state index in [0.29, 0.717) is 6.61 Å². The van der Waals surface area contributed by atoms with Crippen LogP contribution in [0.3, 0.4) is 0 Å². The summed E-state index contributed by atoms with van der Waals surface area (Å²) in [5.74, 6) is 0. The van der Waals surface area contributed by atoms with Crippen LogP contribution >= 0.6 is 11.8 Å². The summed E-state index contributed by atoms with van der Waals surface area (Å²) >= 11 is 1.82. The van der Waals surface area contributed by atoms with Gasteiger partial charge >= 0.3 is 6.03 Å². The first kappa shape index (κ1) is 16.2. The van der Waals surface area contributed by atoms with Crippen molar-refractivity contribution < 1.29 is 9.53 Å². The number of hydrogen-bond acceptors (Lipinski definition) is 3. The van der Waals surface area contributed by atoms with Gasteiger partial charge < -0.3 is 15.0 Å². The van der Waals surface area contributed by atoms with Crippen molar-refractivity contribution in [2.75, 3.05) is 25.6 Å². The number of anilines is 1. The fraction of sp³-hybridized carbons (Fsp3) is 0.562. The molecule has 4 nitrogen and oxygen atoms in total. The average molecular weight is 308 g/mol. The summed E-state index contributed by atoms with van der Waals surface area (Å²) in [6, 6.07) is 8.09.